The summed E-state index contributed by atoms with van der Waals surface area (Å²) in [6, 6.07) is 14.4. The molecule has 0 radical (unpaired) electrons. The zero-order chi connectivity index (χ0) is 12.8. The third kappa shape index (κ3) is 1.75. The lowest BCUT2D eigenvalue weighted by atomic mass is 9.91. The van der Waals surface area contributed by atoms with E-state index in [4.69, 9.17) is 0 Å². The van der Waals surface area contributed by atoms with Crippen LogP contribution in [0.1, 0.15) is 27.8 Å². The van der Waals surface area contributed by atoms with E-state index in [9.17, 15) is 5.11 Å². The van der Waals surface area contributed by atoms with Crippen LogP contribution in [0, 0.1) is 13.8 Å². The van der Waals surface area contributed by atoms with Gasteiger partial charge in [-0.1, -0.05) is 48.0 Å². The van der Waals surface area contributed by atoms with Crippen LogP contribution in [0.25, 0.3) is 0 Å². The van der Waals surface area contributed by atoms with Crippen molar-refractivity contribution in [2.75, 3.05) is 0 Å². The van der Waals surface area contributed by atoms with Crippen molar-refractivity contribution in [3.8, 4) is 0 Å². The molecule has 3 rings (SSSR count). The second-order valence-electron chi connectivity index (χ2n) is 5.47. The number of aliphatic hydroxyl groups is 1. The monoisotopic (exact) mass is 238 g/mol. The highest BCUT2D eigenvalue weighted by Gasteiger charge is 2.37. The highest BCUT2D eigenvalue weighted by molar-refractivity contribution is 5.46. The number of benzene rings is 2. The standard InChI is InChI=1S/C17H18O/c1-12-8-13(2)16-11-17(18,10-14(16)9-12)15-6-4-3-5-7-15/h3-9,18H,10-11H2,1-2H3. The van der Waals surface area contributed by atoms with Gasteiger partial charge >= 0.3 is 0 Å². The van der Waals surface area contributed by atoms with Crippen LogP contribution in [0.15, 0.2) is 42.5 Å². The van der Waals surface area contributed by atoms with Crippen molar-refractivity contribution in [2.24, 2.45) is 0 Å². The molecule has 0 spiro atoms. The minimum absolute atomic E-state index is 0.720. The zero-order valence-corrected chi connectivity index (χ0v) is 10.9. The quantitative estimate of drug-likeness (QED) is 0.808. The van der Waals surface area contributed by atoms with Crippen molar-refractivity contribution in [1.82, 2.24) is 0 Å². The van der Waals surface area contributed by atoms with Gasteiger partial charge in [0.15, 0.2) is 0 Å². The van der Waals surface area contributed by atoms with Gasteiger partial charge in [-0.25, -0.2) is 0 Å². The van der Waals surface area contributed by atoms with Gasteiger partial charge in [0.2, 0.25) is 0 Å². The Kier molecular flexibility index (Phi) is 2.53. The van der Waals surface area contributed by atoms with Gasteiger partial charge < -0.3 is 5.11 Å². The van der Waals surface area contributed by atoms with Crippen molar-refractivity contribution >= 4 is 0 Å². The van der Waals surface area contributed by atoms with Crippen LogP contribution in [0.4, 0.5) is 0 Å². The van der Waals surface area contributed by atoms with Crippen LogP contribution >= 0.6 is 0 Å². The van der Waals surface area contributed by atoms with E-state index in [0.29, 0.717) is 0 Å². The van der Waals surface area contributed by atoms with Crippen molar-refractivity contribution < 1.29 is 5.11 Å². The van der Waals surface area contributed by atoms with Crippen LogP contribution in [0.5, 0.6) is 0 Å². The fourth-order valence-corrected chi connectivity index (χ4v) is 3.12. The molecule has 0 saturated carbocycles. The predicted octanol–water partition coefficient (Wildman–Crippen LogP) is 3.29. The van der Waals surface area contributed by atoms with Gasteiger partial charge in [-0.15, -0.1) is 0 Å². The van der Waals surface area contributed by atoms with Gasteiger partial charge in [0.1, 0.15) is 0 Å². The molecule has 0 heterocycles. The first-order valence-corrected chi connectivity index (χ1v) is 6.45. The maximum absolute atomic E-state index is 10.9. The molecule has 0 amide bonds. The minimum atomic E-state index is -0.720. The topological polar surface area (TPSA) is 20.2 Å². The predicted molar refractivity (Wildman–Crippen MR) is 73.7 cm³/mol. The maximum Gasteiger partial charge on any atom is 0.0977 e. The summed E-state index contributed by atoms with van der Waals surface area (Å²) in [7, 11) is 0. The summed E-state index contributed by atoms with van der Waals surface area (Å²) in [5.74, 6) is 0. The summed E-state index contributed by atoms with van der Waals surface area (Å²) >= 11 is 0. The van der Waals surface area contributed by atoms with E-state index >= 15 is 0 Å². The van der Waals surface area contributed by atoms with Crippen LogP contribution in [0.3, 0.4) is 0 Å². The van der Waals surface area contributed by atoms with Crippen molar-refractivity contribution in [3.05, 3.63) is 70.3 Å². The van der Waals surface area contributed by atoms with Gasteiger partial charge in [-0.3, -0.25) is 0 Å². The molecule has 0 aromatic heterocycles. The Morgan fingerprint density at radius 1 is 1.00 bits per heavy atom. The molecular formula is C17H18O. The highest BCUT2D eigenvalue weighted by atomic mass is 16.3. The largest absolute Gasteiger partial charge is 0.384 e. The van der Waals surface area contributed by atoms with Crippen LogP contribution < -0.4 is 0 Å². The molecule has 1 heteroatoms. The summed E-state index contributed by atoms with van der Waals surface area (Å²) in [4.78, 5) is 0. The average molecular weight is 238 g/mol. The molecule has 2 aromatic carbocycles. The summed E-state index contributed by atoms with van der Waals surface area (Å²) in [5.41, 5.74) is 5.52. The van der Waals surface area contributed by atoms with E-state index in [2.05, 4.69) is 26.0 Å². The Morgan fingerprint density at radius 3 is 2.44 bits per heavy atom. The van der Waals surface area contributed by atoms with Gasteiger partial charge in [0.05, 0.1) is 5.60 Å². The number of rotatable bonds is 1. The summed E-state index contributed by atoms with van der Waals surface area (Å²) < 4.78 is 0. The first kappa shape index (κ1) is 11.5. The van der Waals surface area contributed by atoms with Gasteiger partial charge in [-0.05, 0) is 36.1 Å². The molecule has 1 unspecified atom stereocenters. The lowest BCUT2D eigenvalue weighted by Crippen LogP contribution is -2.25. The second kappa shape index (κ2) is 3.96. The van der Waals surface area contributed by atoms with Crippen molar-refractivity contribution in [2.45, 2.75) is 32.3 Å². The lowest BCUT2D eigenvalue weighted by molar-refractivity contribution is 0.0481. The first-order valence-electron chi connectivity index (χ1n) is 6.45. The Morgan fingerprint density at radius 2 is 1.72 bits per heavy atom. The zero-order valence-electron chi connectivity index (χ0n) is 10.9. The Labute approximate surface area is 108 Å². The van der Waals surface area contributed by atoms with E-state index in [1.54, 1.807) is 0 Å². The van der Waals surface area contributed by atoms with Crippen LogP contribution in [-0.4, -0.2) is 5.11 Å². The first-order chi connectivity index (χ1) is 8.58. The van der Waals surface area contributed by atoms with E-state index in [0.717, 1.165) is 18.4 Å². The lowest BCUT2D eigenvalue weighted by Gasteiger charge is -2.22. The molecule has 92 valence electrons. The Balaban J connectivity index is 2.05. The smallest absolute Gasteiger partial charge is 0.0977 e. The fourth-order valence-electron chi connectivity index (χ4n) is 3.12. The summed E-state index contributed by atoms with van der Waals surface area (Å²) in [5, 5.41) is 10.9. The molecule has 1 N–H and O–H groups in total. The number of hydrogen-bond acceptors (Lipinski definition) is 1. The SMILES string of the molecule is Cc1cc(C)c2c(c1)CC(O)(c1ccccc1)C2. The van der Waals surface area contributed by atoms with Crippen molar-refractivity contribution in [1.29, 1.82) is 0 Å². The van der Waals surface area contributed by atoms with Crippen LogP contribution in [-0.2, 0) is 18.4 Å². The number of hydrogen-bond donors (Lipinski definition) is 1. The van der Waals surface area contributed by atoms with Gasteiger partial charge in [0.25, 0.3) is 0 Å². The van der Waals surface area contributed by atoms with Crippen molar-refractivity contribution in [3.63, 3.8) is 0 Å². The van der Waals surface area contributed by atoms with E-state index < -0.39 is 5.60 Å². The number of fused-ring (bicyclic) bond motifs is 1. The summed E-state index contributed by atoms with van der Waals surface area (Å²) in [6.45, 7) is 4.26. The minimum Gasteiger partial charge on any atom is -0.384 e. The molecule has 0 aliphatic heterocycles. The van der Waals surface area contributed by atoms with Gasteiger partial charge in [-0.2, -0.15) is 0 Å². The number of aryl methyl sites for hydroxylation is 2. The molecule has 1 atom stereocenters. The molecule has 0 fully saturated rings. The third-order valence-electron chi connectivity index (χ3n) is 3.97. The Bertz CT molecular complexity index is 586. The highest BCUT2D eigenvalue weighted by Crippen LogP contribution is 2.39. The van der Waals surface area contributed by atoms with Crippen LogP contribution in [0.2, 0.25) is 0 Å². The molecule has 2 aromatic rings. The van der Waals surface area contributed by atoms with Gasteiger partial charge in [0, 0.05) is 12.8 Å². The normalized spacial score (nSPS) is 21.9. The molecule has 0 saturated heterocycles. The third-order valence-corrected chi connectivity index (χ3v) is 3.97. The fraction of sp³-hybridized carbons (Fsp3) is 0.294. The molecule has 1 aliphatic carbocycles. The second-order valence-corrected chi connectivity index (χ2v) is 5.47. The maximum atomic E-state index is 10.9. The Hall–Kier alpha value is -1.60. The van der Waals surface area contributed by atoms with E-state index in [1.165, 1.54) is 22.3 Å². The molecule has 1 nitrogen and oxygen atoms in total. The summed E-state index contributed by atoms with van der Waals surface area (Å²) in [6.07, 6.45) is 1.47. The molecule has 18 heavy (non-hydrogen) atoms. The average Bonchev–Trinajstić information content (AvgIpc) is 2.69. The van der Waals surface area contributed by atoms with E-state index in [1.807, 2.05) is 30.3 Å². The molecule has 1 aliphatic rings. The molecular weight excluding hydrogens is 220 g/mol. The molecule has 0 bridgehead atoms. The van der Waals surface area contributed by atoms with E-state index in [-0.39, 0.29) is 0 Å².